The number of hydrogen-bond acceptors (Lipinski definition) is 4. The standard InChI is InChI=1S/C17H12ClN5/c1-2-13-12-6-5-11(8-10(12)9-15(18)21-13)20-17-16-14(22-23-17)4-3-7-19-16/h2-9H,1H2,(H2,20,22,23). The maximum Gasteiger partial charge on any atom is 0.178 e. The van der Waals surface area contributed by atoms with Crippen molar-refractivity contribution in [1.29, 1.82) is 0 Å². The van der Waals surface area contributed by atoms with E-state index in [-0.39, 0.29) is 0 Å². The van der Waals surface area contributed by atoms with Crippen LogP contribution in [0.15, 0.2) is 49.2 Å². The summed E-state index contributed by atoms with van der Waals surface area (Å²) in [5.74, 6) is 0.684. The minimum atomic E-state index is 0.441. The largest absolute Gasteiger partial charge is 0.337 e. The maximum absolute atomic E-state index is 6.07. The average Bonchev–Trinajstić information content (AvgIpc) is 2.97. The van der Waals surface area contributed by atoms with Crippen LogP contribution < -0.4 is 5.32 Å². The number of nitrogens with zero attached hydrogens (tertiary/aromatic N) is 3. The maximum atomic E-state index is 6.07. The molecule has 1 aromatic carbocycles. The van der Waals surface area contributed by atoms with E-state index in [1.165, 1.54) is 0 Å². The van der Waals surface area contributed by atoms with E-state index < -0.39 is 0 Å². The van der Waals surface area contributed by atoms with Gasteiger partial charge >= 0.3 is 0 Å². The number of benzene rings is 1. The Labute approximate surface area is 137 Å². The molecular weight excluding hydrogens is 310 g/mol. The summed E-state index contributed by atoms with van der Waals surface area (Å²) in [7, 11) is 0. The summed E-state index contributed by atoms with van der Waals surface area (Å²) < 4.78 is 0. The number of hydrogen-bond donors (Lipinski definition) is 2. The van der Waals surface area contributed by atoms with Crippen molar-refractivity contribution in [2.24, 2.45) is 0 Å². The number of H-pyrrole nitrogens is 1. The first kappa shape index (κ1) is 13.7. The van der Waals surface area contributed by atoms with Crippen LogP contribution in [-0.4, -0.2) is 20.2 Å². The predicted octanol–water partition coefficient (Wildman–Crippen LogP) is 4.55. The third kappa shape index (κ3) is 2.41. The van der Waals surface area contributed by atoms with Crippen LogP contribution in [0.4, 0.5) is 11.5 Å². The lowest BCUT2D eigenvalue weighted by Gasteiger charge is -2.07. The summed E-state index contributed by atoms with van der Waals surface area (Å²) in [4.78, 5) is 8.61. The Hall–Kier alpha value is -2.92. The molecule has 0 aliphatic carbocycles. The molecule has 0 aliphatic rings. The van der Waals surface area contributed by atoms with Crippen molar-refractivity contribution >= 4 is 51.0 Å². The van der Waals surface area contributed by atoms with Gasteiger partial charge in [-0.15, -0.1) is 0 Å². The van der Waals surface area contributed by atoms with Gasteiger partial charge in [0.2, 0.25) is 0 Å². The fraction of sp³-hybridized carbons (Fsp3) is 0. The number of pyridine rings is 2. The summed E-state index contributed by atoms with van der Waals surface area (Å²) in [6.45, 7) is 3.78. The number of nitrogens with one attached hydrogen (secondary N) is 2. The fourth-order valence-electron chi connectivity index (χ4n) is 2.56. The highest BCUT2D eigenvalue weighted by Gasteiger charge is 2.08. The van der Waals surface area contributed by atoms with E-state index in [1.54, 1.807) is 12.3 Å². The molecule has 3 aromatic heterocycles. The predicted molar refractivity (Wildman–Crippen MR) is 94.0 cm³/mol. The molecule has 4 aromatic rings. The van der Waals surface area contributed by atoms with Crippen LogP contribution in [0.1, 0.15) is 5.69 Å². The van der Waals surface area contributed by atoms with Gasteiger partial charge in [-0.2, -0.15) is 5.10 Å². The highest BCUT2D eigenvalue weighted by molar-refractivity contribution is 6.30. The molecule has 0 unspecified atom stereocenters. The highest BCUT2D eigenvalue weighted by atomic mass is 35.5. The molecule has 0 fully saturated rings. The van der Waals surface area contributed by atoms with Gasteiger partial charge in [0.15, 0.2) is 5.82 Å². The van der Waals surface area contributed by atoms with Gasteiger partial charge in [0.1, 0.15) is 10.7 Å². The topological polar surface area (TPSA) is 66.5 Å². The van der Waals surface area contributed by atoms with Gasteiger partial charge in [0.25, 0.3) is 0 Å². The van der Waals surface area contributed by atoms with Gasteiger partial charge in [-0.3, -0.25) is 10.1 Å². The number of halogens is 1. The van der Waals surface area contributed by atoms with Crippen molar-refractivity contribution < 1.29 is 0 Å². The van der Waals surface area contributed by atoms with E-state index in [2.05, 4.69) is 32.1 Å². The van der Waals surface area contributed by atoms with Gasteiger partial charge < -0.3 is 5.32 Å². The van der Waals surface area contributed by atoms with Gasteiger partial charge in [-0.1, -0.05) is 24.2 Å². The van der Waals surface area contributed by atoms with Gasteiger partial charge in [0.05, 0.1) is 11.2 Å². The van der Waals surface area contributed by atoms with Crippen molar-refractivity contribution in [2.45, 2.75) is 0 Å². The van der Waals surface area contributed by atoms with Crippen LogP contribution in [-0.2, 0) is 0 Å². The van der Waals surface area contributed by atoms with Crippen molar-refractivity contribution in [3.63, 3.8) is 0 Å². The number of rotatable bonds is 3. The molecule has 0 atom stereocenters. The Morgan fingerprint density at radius 3 is 3.00 bits per heavy atom. The quantitative estimate of drug-likeness (QED) is 0.543. The number of anilines is 2. The van der Waals surface area contributed by atoms with Crippen molar-refractivity contribution in [1.82, 2.24) is 20.2 Å². The average molecular weight is 322 g/mol. The van der Waals surface area contributed by atoms with Crippen LogP contribution in [0, 0.1) is 0 Å². The lowest BCUT2D eigenvalue weighted by atomic mass is 10.1. The SMILES string of the molecule is C=Cc1nc(Cl)cc2cc(Nc3n[nH]c4cccnc34)ccc12. The van der Waals surface area contributed by atoms with E-state index in [0.29, 0.717) is 11.0 Å². The van der Waals surface area contributed by atoms with Gasteiger partial charge in [0, 0.05) is 17.3 Å². The Morgan fingerprint density at radius 1 is 1.22 bits per heavy atom. The van der Waals surface area contributed by atoms with Crippen molar-refractivity contribution in [2.75, 3.05) is 5.32 Å². The zero-order valence-electron chi connectivity index (χ0n) is 12.0. The van der Waals surface area contributed by atoms with Gasteiger partial charge in [-0.25, -0.2) is 4.98 Å². The second kappa shape index (κ2) is 5.37. The van der Waals surface area contributed by atoms with Crippen LogP contribution in [0.2, 0.25) is 5.15 Å². The van der Waals surface area contributed by atoms with Crippen molar-refractivity contribution in [3.05, 3.63) is 60.0 Å². The normalized spacial score (nSPS) is 11.0. The minimum absolute atomic E-state index is 0.441. The summed E-state index contributed by atoms with van der Waals surface area (Å²) in [5, 5.41) is 12.9. The number of aromatic nitrogens is 4. The van der Waals surface area contributed by atoms with Crippen LogP contribution >= 0.6 is 11.6 Å². The second-order valence-corrected chi connectivity index (χ2v) is 5.45. The molecule has 112 valence electrons. The lowest BCUT2D eigenvalue weighted by molar-refractivity contribution is 1.12. The highest BCUT2D eigenvalue weighted by Crippen LogP contribution is 2.27. The Balaban J connectivity index is 1.79. The van der Waals surface area contributed by atoms with Crippen LogP contribution in [0.25, 0.3) is 27.9 Å². The minimum Gasteiger partial charge on any atom is -0.337 e. The first-order chi connectivity index (χ1) is 11.2. The molecule has 0 spiro atoms. The summed E-state index contributed by atoms with van der Waals surface area (Å²) in [5.41, 5.74) is 3.35. The first-order valence-electron chi connectivity index (χ1n) is 7.03. The molecule has 0 saturated heterocycles. The molecule has 5 nitrogen and oxygen atoms in total. The molecule has 2 N–H and O–H groups in total. The summed E-state index contributed by atoms with van der Waals surface area (Å²) >= 11 is 6.07. The van der Waals surface area contributed by atoms with Gasteiger partial charge in [-0.05, 0) is 41.8 Å². The molecule has 6 heteroatoms. The number of fused-ring (bicyclic) bond motifs is 2. The molecule has 4 rings (SSSR count). The van der Waals surface area contributed by atoms with Crippen LogP contribution in [0.3, 0.4) is 0 Å². The monoisotopic (exact) mass is 321 g/mol. The molecule has 0 bridgehead atoms. The second-order valence-electron chi connectivity index (χ2n) is 5.07. The fourth-order valence-corrected chi connectivity index (χ4v) is 2.77. The third-order valence-electron chi connectivity index (χ3n) is 3.61. The van der Waals surface area contributed by atoms with E-state index >= 15 is 0 Å². The molecule has 3 heterocycles. The first-order valence-corrected chi connectivity index (χ1v) is 7.41. The molecule has 0 saturated carbocycles. The Bertz CT molecular complexity index is 1040. The molecule has 0 aliphatic heterocycles. The van der Waals surface area contributed by atoms with E-state index in [4.69, 9.17) is 11.6 Å². The summed E-state index contributed by atoms with van der Waals surface area (Å²) in [6.07, 6.45) is 3.44. The Kier molecular flexibility index (Phi) is 3.20. The smallest absolute Gasteiger partial charge is 0.178 e. The number of aromatic amines is 1. The lowest BCUT2D eigenvalue weighted by Crippen LogP contribution is -1.93. The van der Waals surface area contributed by atoms with E-state index in [1.807, 2.05) is 36.4 Å². The molecule has 23 heavy (non-hydrogen) atoms. The van der Waals surface area contributed by atoms with E-state index in [9.17, 15) is 0 Å². The molecular formula is C17H12ClN5. The molecule has 0 radical (unpaired) electrons. The summed E-state index contributed by atoms with van der Waals surface area (Å²) in [6, 6.07) is 11.6. The molecule has 0 amide bonds. The van der Waals surface area contributed by atoms with Crippen LogP contribution in [0.5, 0.6) is 0 Å². The van der Waals surface area contributed by atoms with Crippen molar-refractivity contribution in [3.8, 4) is 0 Å². The zero-order valence-corrected chi connectivity index (χ0v) is 12.8. The van der Waals surface area contributed by atoms with E-state index in [0.717, 1.165) is 33.2 Å². The Morgan fingerprint density at radius 2 is 2.13 bits per heavy atom. The zero-order chi connectivity index (χ0) is 15.8. The third-order valence-corrected chi connectivity index (χ3v) is 3.80.